The van der Waals surface area contributed by atoms with Gasteiger partial charge in [-0.05, 0) is 24.5 Å². The molecule has 0 heterocycles. The number of nitro benzene ring substituents is 1. The lowest BCUT2D eigenvalue weighted by atomic mass is 10.1. The van der Waals surface area contributed by atoms with Gasteiger partial charge in [0.25, 0.3) is 5.69 Å². The van der Waals surface area contributed by atoms with Crippen LogP contribution in [0.5, 0.6) is 5.75 Å². The van der Waals surface area contributed by atoms with Crippen molar-refractivity contribution in [2.75, 3.05) is 5.88 Å². The summed E-state index contributed by atoms with van der Waals surface area (Å²) in [5.74, 6) is -0.274. The number of alkyl halides is 4. The van der Waals surface area contributed by atoms with Gasteiger partial charge in [0.1, 0.15) is 5.75 Å². The average Bonchev–Trinajstić information content (AvgIpc) is 2.25. The van der Waals surface area contributed by atoms with Crippen LogP contribution in [0.4, 0.5) is 18.9 Å². The molecule has 0 fully saturated rings. The first-order chi connectivity index (χ1) is 8.33. The zero-order valence-corrected chi connectivity index (χ0v) is 9.79. The Labute approximate surface area is 105 Å². The third-order valence-corrected chi connectivity index (χ3v) is 2.33. The van der Waals surface area contributed by atoms with Crippen molar-refractivity contribution in [3.63, 3.8) is 0 Å². The number of nitro groups is 1. The van der Waals surface area contributed by atoms with Gasteiger partial charge in [-0.15, -0.1) is 24.8 Å². The van der Waals surface area contributed by atoms with E-state index < -0.39 is 22.7 Å². The molecule has 0 amide bonds. The molecule has 0 unspecified atom stereocenters. The SMILES string of the molecule is O=[N+]([O-])c1ccc(CCCCl)c(OC(F)(F)F)c1. The maximum Gasteiger partial charge on any atom is 0.573 e. The third kappa shape index (κ3) is 4.40. The van der Waals surface area contributed by atoms with Crippen molar-refractivity contribution in [3.05, 3.63) is 33.9 Å². The second-order valence-electron chi connectivity index (χ2n) is 3.39. The molecule has 0 aliphatic rings. The number of rotatable bonds is 5. The predicted molar refractivity (Wildman–Crippen MR) is 58.8 cm³/mol. The number of halogens is 4. The number of aryl methyl sites for hydroxylation is 1. The van der Waals surface area contributed by atoms with E-state index >= 15 is 0 Å². The standard InChI is InChI=1S/C10H9ClF3NO3/c11-5-1-2-7-3-4-8(15(16)17)6-9(7)18-10(12,13)14/h3-4,6H,1-2,5H2. The van der Waals surface area contributed by atoms with Crippen molar-refractivity contribution in [1.29, 1.82) is 0 Å². The monoisotopic (exact) mass is 283 g/mol. The molecule has 0 atom stereocenters. The number of hydrogen-bond donors (Lipinski definition) is 0. The number of hydrogen-bond acceptors (Lipinski definition) is 3. The Morgan fingerprint density at radius 3 is 2.56 bits per heavy atom. The Kier molecular flexibility index (Phi) is 4.77. The van der Waals surface area contributed by atoms with E-state index in [1.807, 2.05) is 0 Å². The summed E-state index contributed by atoms with van der Waals surface area (Å²) in [6, 6.07) is 3.13. The largest absolute Gasteiger partial charge is 0.573 e. The lowest BCUT2D eigenvalue weighted by Crippen LogP contribution is -2.18. The number of ether oxygens (including phenoxy) is 1. The molecule has 0 aromatic heterocycles. The van der Waals surface area contributed by atoms with E-state index in [1.54, 1.807) is 0 Å². The van der Waals surface area contributed by atoms with Crippen LogP contribution in [-0.4, -0.2) is 17.2 Å². The number of benzene rings is 1. The molecular formula is C10H9ClF3NO3. The zero-order chi connectivity index (χ0) is 13.8. The highest BCUT2D eigenvalue weighted by Gasteiger charge is 2.32. The molecule has 0 saturated carbocycles. The molecule has 100 valence electrons. The second kappa shape index (κ2) is 5.90. The van der Waals surface area contributed by atoms with Crippen molar-refractivity contribution < 1.29 is 22.8 Å². The molecule has 1 aromatic rings. The maximum atomic E-state index is 12.2. The van der Waals surface area contributed by atoms with Gasteiger partial charge in [-0.3, -0.25) is 10.1 Å². The van der Waals surface area contributed by atoms with Crippen LogP contribution < -0.4 is 4.74 Å². The molecule has 0 radical (unpaired) electrons. The Hall–Kier alpha value is -1.50. The van der Waals surface area contributed by atoms with Crippen LogP contribution in [0.1, 0.15) is 12.0 Å². The molecule has 0 aliphatic heterocycles. The zero-order valence-electron chi connectivity index (χ0n) is 9.04. The van der Waals surface area contributed by atoms with E-state index in [9.17, 15) is 23.3 Å². The fraction of sp³-hybridized carbons (Fsp3) is 0.400. The van der Waals surface area contributed by atoms with E-state index in [-0.39, 0.29) is 17.9 Å². The van der Waals surface area contributed by atoms with Crippen molar-refractivity contribution in [2.45, 2.75) is 19.2 Å². The van der Waals surface area contributed by atoms with Gasteiger partial charge in [-0.2, -0.15) is 0 Å². The summed E-state index contributed by atoms with van der Waals surface area (Å²) in [7, 11) is 0. The smallest absolute Gasteiger partial charge is 0.405 e. The van der Waals surface area contributed by atoms with Gasteiger partial charge in [-0.25, -0.2) is 0 Å². The van der Waals surface area contributed by atoms with Gasteiger partial charge in [-0.1, -0.05) is 0 Å². The van der Waals surface area contributed by atoms with Crippen LogP contribution in [0.15, 0.2) is 18.2 Å². The van der Waals surface area contributed by atoms with Crippen LogP contribution in [0, 0.1) is 10.1 Å². The average molecular weight is 284 g/mol. The fourth-order valence-corrected chi connectivity index (χ4v) is 1.47. The van der Waals surface area contributed by atoms with Gasteiger partial charge >= 0.3 is 6.36 Å². The van der Waals surface area contributed by atoms with E-state index in [4.69, 9.17) is 11.6 Å². The molecule has 8 heteroatoms. The van der Waals surface area contributed by atoms with E-state index in [0.717, 1.165) is 12.1 Å². The van der Waals surface area contributed by atoms with Gasteiger partial charge in [0.2, 0.25) is 0 Å². The fourth-order valence-electron chi connectivity index (χ4n) is 1.34. The molecule has 18 heavy (non-hydrogen) atoms. The first-order valence-electron chi connectivity index (χ1n) is 4.92. The minimum Gasteiger partial charge on any atom is -0.405 e. The summed E-state index contributed by atoms with van der Waals surface area (Å²) in [6.07, 6.45) is -4.18. The molecule has 0 aliphatic carbocycles. The van der Waals surface area contributed by atoms with Gasteiger partial charge in [0.15, 0.2) is 0 Å². The summed E-state index contributed by atoms with van der Waals surface area (Å²) in [4.78, 5) is 9.71. The molecule has 0 N–H and O–H groups in total. The van der Waals surface area contributed by atoms with E-state index in [0.29, 0.717) is 6.42 Å². The summed E-state index contributed by atoms with van der Waals surface area (Å²) >= 11 is 5.45. The van der Waals surface area contributed by atoms with Crippen molar-refractivity contribution in [2.24, 2.45) is 0 Å². The lowest BCUT2D eigenvalue weighted by Gasteiger charge is -2.12. The first-order valence-corrected chi connectivity index (χ1v) is 5.46. The highest BCUT2D eigenvalue weighted by molar-refractivity contribution is 6.17. The van der Waals surface area contributed by atoms with E-state index in [2.05, 4.69) is 4.74 Å². The van der Waals surface area contributed by atoms with Crippen LogP contribution >= 0.6 is 11.6 Å². The van der Waals surface area contributed by atoms with Crippen molar-refractivity contribution in [3.8, 4) is 5.75 Å². The minimum absolute atomic E-state index is 0.235. The molecular weight excluding hydrogens is 275 g/mol. The van der Waals surface area contributed by atoms with Crippen molar-refractivity contribution >= 4 is 17.3 Å². The maximum absolute atomic E-state index is 12.2. The van der Waals surface area contributed by atoms with E-state index in [1.165, 1.54) is 6.07 Å². The Morgan fingerprint density at radius 1 is 1.39 bits per heavy atom. The molecule has 1 aromatic carbocycles. The van der Waals surface area contributed by atoms with Gasteiger partial charge < -0.3 is 4.74 Å². The predicted octanol–water partition coefficient (Wildman–Crippen LogP) is 3.66. The first kappa shape index (κ1) is 14.6. The normalized spacial score (nSPS) is 11.3. The number of nitrogens with zero attached hydrogens (tertiary/aromatic N) is 1. The quantitative estimate of drug-likeness (QED) is 0.471. The van der Waals surface area contributed by atoms with Crippen LogP contribution in [0.25, 0.3) is 0 Å². The topological polar surface area (TPSA) is 52.4 Å². The van der Waals surface area contributed by atoms with Crippen LogP contribution in [0.3, 0.4) is 0 Å². The highest BCUT2D eigenvalue weighted by Crippen LogP contribution is 2.30. The molecule has 4 nitrogen and oxygen atoms in total. The molecule has 0 bridgehead atoms. The Morgan fingerprint density at radius 2 is 2.06 bits per heavy atom. The summed E-state index contributed by atoms with van der Waals surface area (Å²) in [5.41, 5.74) is -0.220. The van der Waals surface area contributed by atoms with Gasteiger partial charge in [0, 0.05) is 11.9 Å². The van der Waals surface area contributed by atoms with Gasteiger partial charge in [0.05, 0.1) is 11.0 Å². The lowest BCUT2D eigenvalue weighted by molar-refractivity contribution is -0.385. The summed E-state index contributed by atoms with van der Waals surface area (Å²) in [6.45, 7) is 0. The molecule has 0 saturated heterocycles. The van der Waals surface area contributed by atoms with Crippen LogP contribution in [-0.2, 0) is 6.42 Å². The minimum atomic E-state index is -4.88. The third-order valence-electron chi connectivity index (χ3n) is 2.07. The Balaban J connectivity index is 3.05. The van der Waals surface area contributed by atoms with Crippen molar-refractivity contribution in [1.82, 2.24) is 0 Å². The number of non-ortho nitro benzene ring substituents is 1. The second-order valence-corrected chi connectivity index (χ2v) is 3.77. The Bertz CT molecular complexity index is 437. The summed E-state index contributed by atoms with van der Waals surface area (Å²) < 4.78 is 40.2. The molecule has 1 rings (SSSR count). The summed E-state index contributed by atoms with van der Waals surface area (Å²) in [5, 5.41) is 10.5. The van der Waals surface area contributed by atoms with Crippen LogP contribution in [0.2, 0.25) is 0 Å². The molecule has 0 spiro atoms. The highest BCUT2D eigenvalue weighted by atomic mass is 35.5.